The fraction of sp³-hybridized carbons (Fsp3) is 0.316. The van der Waals surface area contributed by atoms with Gasteiger partial charge in [0.15, 0.2) is 11.5 Å². The van der Waals surface area contributed by atoms with Gasteiger partial charge in [0, 0.05) is 18.7 Å². The van der Waals surface area contributed by atoms with Crippen molar-refractivity contribution in [3.8, 4) is 17.2 Å². The molecule has 0 unspecified atom stereocenters. The lowest BCUT2D eigenvalue weighted by atomic mass is 10.1. The van der Waals surface area contributed by atoms with Gasteiger partial charge in [-0.3, -0.25) is 4.79 Å². The van der Waals surface area contributed by atoms with E-state index in [9.17, 15) is 4.79 Å². The molecule has 1 amide bonds. The van der Waals surface area contributed by atoms with Crippen molar-refractivity contribution in [3.05, 3.63) is 53.6 Å². The molecule has 128 valence electrons. The Hall–Kier alpha value is -2.69. The van der Waals surface area contributed by atoms with Crippen LogP contribution in [-0.4, -0.2) is 38.7 Å². The second kappa shape index (κ2) is 8.24. The zero-order valence-corrected chi connectivity index (χ0v) is 14.5. The highest BCUT2D eigenvalue weighted by atomic mass is 16.5. The first-order valence-electron chi connectivity index (χ1n) is 7.77. The Morgan fingerprint density at radius 2 is 1.71 bits per heavy atom. The summed E-state index contributed by atoms with van der Waals surface area (Å²) in [6.07, 6.45) is 0. The minimum Gasteiger partial charge on any atom is -0.497 e. The topological polar surface area (TPSA) is 48.0 Å². The van der Waals surface area contributed by atoms with Gasteiger partial charge in [0.1, 0.15) is 5.75 Å². The maximum Gasteiger partial charge on any atom is 0.254 e. The molecule has 0 aliphatic carbocycles. The first kappa shape index (κ1) is 17.7. The van der Waals surface area contributed by atoms with Crippen molar-refractivity contribution >= 4 is 5.91 Å². The van der Waals surface area contributed by atoms with Crippen LogP contribution in [0, 0.1) is 0 Å². The normalized spacial score (nSPS) is 10.2. The minimum absolute atomic E-state index is 0.0359. The van der Waals surface area contributed by atoms with E-state index in [-0.39, 0.29) is 5.91 Å². The van der Waals surface area contributed by atoms with Gasteiger partial charge in [-0.2, -0.15) is 0 Å². The van der Waals surface area contributed by atoms with E-state index in [0.29, 0.717) is 35.9 Å². The molecule has 2 aromatic rings. The van der Waals surface area contributed by atoms with Gasteiger partial charge in [0.05, 0.1) is 21.3 Å². The predicted molar refractivity (Wildman–Crippen MR) is 93.0 cm³/mol. The Kier molecular flexibility index (Phi) is 6.07. The zero-order valence-electron chi connectivity index (χ0n) is 14.5. The van der Waals surface area contributed by atoms with Crippen LogP contribution in [0.3, 0.4) is 0 Å². The summed E-state index contributed by atoms with van der Waals surface area (Å²) in [5.41, 5.74) is 1.59. The van der Waals surface area contributed by atoms with Crippen molar-refractivity contribution in [1.82, 2.24) is 4.90 Å². The van der Waals surface area contributed by atoms with Gasteiger partial charge in [-0.25, -0.2) is 0 Å². The van der Waals surface area contributed by atoms with Crippen LogP contribution in [-0.2, 0) is 6.54 Å². The Balaban J connectivity index is 2.20. The molecule has 0 aliphatic heterocycles. The van der Waals surface area contributed by atoms with E-state index in [1.54, 1.807) is 38.4 Å². The molecule has 0 saturated heterocycles. The summed E-state index contributed by atoms with van der Waals surface area (Å²) in [7, 11) is 4.79. The number of amides is 1. The van der Waals surface area contributed by atoms with Gasteiger partial charge in [0.25, 0.3) is 5.91 Å². The van der Waals surface area contributed by atoms with Crippen LogP contribution in [0.15, 0.2) is 42.5 Å². The van der Waals surface area contributed by atoms with Crippen molar-refractivity contribution in [2.24, 2.45) is 0 Å². The van der Waals surface area contributed by atoms with Gasteiger partial charge >= 0.3 is 0 Å². The highest BCUT2D eigenvalue weighted by Gasteiger charge is 2.16. The summed E-state index contributed by atoms with van der Waals surface area (Å²) in [5.74, 6) is 1.96. The second-order valence-electron chi connectivity index (χ2n) is 5.24. The highest BCUT2D eigenvalue weighted by Crippen LogP contribution is 2.28. The Morgan fingerprint density at radius 3 is 2.33 bits per heavy atom. The molecule has 5 heteroatoms. The first-order chi connectivity index (χ1) is 11.6. The van der Waals surface area contributed by atoms with Gasteiger partial charge in [-0.05, 0) is 42.8 Å². The van der Waals surface area contributed by atoms with Gasteiger partial charge < -0.3 is 19.1 Å². The lowest BCUT2D eigenvalue weighted by molar-refractivity contribution is 0.0752. The summed E-state index contributed by atoms with van der Waals surface area (Å²) < 4.78 is 15.8. The average Bonchev–Trinajstić information content (AvgIpc) is 2.65. The summed E-state index contributed by atoms with van der Waals surface area (Å²) in [5, 5.41) is 0. The molecule has 0 bridgehead atoms. The Labute approximate surface area is 142 Å². The summed E-state index contributed by atoms with van der Waals surface area (Å²) in [6.45, 7) is 3.05. The molecule has 5 nitrogen and oxygen atoms in total. The summed E-state index contributed by atoms with van der Waals surface area (Å²) in [6, 6.07) is 12.8. The van der Waals surface area contributed by atoms with Crippen molar-refractivity contribution in [2.45, 2.75) is 13.5 Å². The molecule has 0 aromatic heterocycles. The number of benzene rings is 2. The third-order valence-electron chi connectivity index (χ3n) is 3.81. The number of carbonyl (C=O) groups excluding carboxylic acids is 1. The van der Waals surface area contributed by atoms with Crippen LogP contribution in [0.5, 0.6) is 17.2 Å². The molecule has 0 heterocycles. The first-order valence-corrected chi connectivity index (χ1v) is 7.77. The maximum atomic E-state index is 12.7. The number of hydrogen-bond donors (Lipinski definition) is 0. The molecule has 2 aromatic carbocycles. The highest BCUT2D eigenvalue weighted by molar-refractivity contribution is 5.94. The maximum absolute atomic E-state index is 12.7. The van der Waals surface area contributed by atoms with E-state index in [2.05, 4.69) is 0 Å². The molecule has 0 radical (unpaired) electrons. The fourth-order valence-electron chi connectivity index (χ4n) is 2.47. The van der Waals surface area contributed by atoms with Crippen molar-refractivity contribution < 1.29 is 19.0 Å². The number of methoxy groups -OCH3 is 3. The molecular weight excluding hydrogens is 306 g/mol. The number of carbonyl (C=O) groups is 1. The van der Waals surface area contributed by atoms with E-state index >= 15 is 0 Å². The van der Waals surface area contributed by atoms with Gasteiger partial charge in [-0.1, -0.05) is 12.1 Å². The predicted octanol–water partition coefficient (Wildman–Crippen LogP) is 3.37. The number of hydrogen-bond acceptors (Lipinski definition) is 4. The number of ether oxygens (including phenoxy) is 3. The third kappa shape index (κ3) is 3.98. The fourth-order valence-corrected chi connectivity index (χ4v) is 2.47. The summed E-state index contributed by atoms with van der Waals surface area (Å²) in [4.78, 5) is 14.5. The van der Waals surface area contributed by atoms with Gasteiger partial charge in [-0.15, -0.1) is 0 Å². The third-order valence-corrected chi connectivity index (χ3v) is 3.81. The van der Waals surface area contributed by atoms with Crippen LogP contribution in [0.1, 0.15) is 22.8 Å². The monoisotopic (exact) mass is 329 g/mol. The van der Waals surface area contributed by atoms with Crippen LogP contribution in [0.25, 0.3) is 0 Å². The van der Waals surface area contributed by atoms with Crippen molar-refractivity contribution in [1.29, 1.82) is 0 Å². The van der Waals surface area contributed by atoms with Crippen LogP contribution in [0.2, 0.25) is 0 Å². The minimum atomic E-state index is -0.0359. The lowest BCUT2D eigenvalue weighted by Gasteiger charge is -2.22. The zero-order chi connectivity index (χ0) is 17.5. The summed E-state index contributed by atoms with van der Waals surface area (Å²) >= 11 is 0. The smallest absolute Gasteiger partial charge is 0.254 e. The number of rotatable bonds is 7. The van der Waals surface area contributed by atoms with Crippen LogP contribution < -0.4 is 14.2 Å². The standard InChI is InChI=1S/C19H23NO4/c1-5-20(19(21)15-7-6-8-16(12-15)22-2)13-14-9-10-17(23-3)18(11-14)24-4/h6-12H,5,13H2,1-4H3. The Bertz CT molecular complexity index is 700. The Morgan fingerprint density at radius 1 is 0.958 bits per heavy atom. The second-order valence-corrected chi connectivity index (χ2v) is 5.24. The molecule has 2 rings (SSSR count). The molecule has 0 spiro atoms. The van der Waals surface area contributed by atoms with E-state index in [4.69, 9.17) is 14.2 Å². The van der Waals surface area contributed by atoms with E-state index in [0.717, 1.165) is 5.56 Å². The molecular formula is C19H23NO4. The molecule has 0 atom stereocenters. The lowest BCUT2D eigenvalue weighted by Crippen LogP contribution is -2.30. The quantitative estimate of drug-likeness (QED) is 0.781. The van der Waals surface area contributed by atoms with E-state index in [1.807, 2.05) is 37.3 Å². The number of nitrogens with zero attached hydrogens (tertiary/aromatic N) is 1. The molecule has 24 heavy (non-hydrogen) atoms. The van der Waals surface area contributed by atoms with E-state index in [1.165, 1.54) is 0 Å². The SMILES string of the molecule is CCN(Cc1ccc(OC)c(OC)c1)C(=O)c1cccc(OC)c1. The van der Waals surface area contributed by atoms with Crippen LogP contribution >= 0.6 is 0 Å². The molecule has 0 N–H and O–H groups in total. The molecule has 0 saturated carbocycles. The molecule has 0 aliphatic rings. The van der Waals surface area contributed by atoms with Crippen molar-refractivity contribution in [2.75, 3.05) is 27.9 Å². The largest absolute Gasteiger partial charge is 0.497 e. The van der Waals surface area contributed by atoms with Crippen LogP contribution in [0.4, 0.5) is 0 Å². The van der Waals surface area contributed by atoms with E-state index < -0.39 is 0 Å². The average molecular weight is 329 g/mol. The molecule has 0 fully saturated rings. The van der Waals surface area contributed by atoms with Gasteiger partial charge in [0.2, 0.25) is 0 Å². The van der Waals surface area contributed by atoms with Crippen molar-refractivity contribution in [3.63, 3.8) is 0 Å².